The van der Waals surface area contributed by atoms with E-state index in [1.807, 2.05) is 39.0 Å². The van der Waals surface area contributed by atoms with Gasteiger partial charge in [0, 0.05) is 12.3 Å². The molecule has 1 N–H and O–H groups in total. The fraction of sp³-hybridized carbons (Fsp3) is 0.278. The summed E-state index contributed by atoms with van der Waals surface area (Å²) in [6, 6.07) is 8.13. The van der Waals surface area contributed by atoms with E-state index in [0.29, 0.717) is 17.9 Å². The van der Waals surface area contributed by atoms with Gasteiger partial charge in [-0.15, -0.1) is 0 Å². The SMILES string of the molecule is CC[C@H]1NC(=O)N(c2cc(Oc3ccc(C)c(C)c3)ccn2)C1=O. The number of imide groups is 1. The summed E-state index contributed by atoms with van der Waals surface area (Å²) in [5.41, 5.74) is 2.31. The lowest BCUT2D eigenvalue weighted by molar-refractivity contribution is -0.118. The largest absolute Gasteiger partial charge is 0.457 e. The maximum Gasteiger partial charge on any atom is 0.330 e. The minimum absolute atomic E-state index is 0.259. The summed E-state index contributed by atoms with van der Waals surface area (Å²) in [7, 11) is 0. The molecule has 6 nitrogen and oxygen atoms in total. The molecule has 0 spiro atoms. The molecule has 0 radical (unpaired) electrons. The number of carbonyl (C=O) groups excluding carboxylic acids is 2. The van der Waals surface area contributed by atoms with Gasteiger partial charge in [0.15, 0.2) is 0 Å². The maximum atomic E-state index is 12.3. The zero-order valence-corrected chi connectivity index (χ0v) is 13.9. The molecule has 1 fully saturated rings. The average Bonchev–Trinajstić information content (AvgIpc) is 2.85. The molecule has 124 valence electrons. The third kappa shape index (κ3) is 2.95. The number of rotatable bonds is 4. The Balaban J connectivity index is 1.85. The molecule has 0 saturated carbocycles. The van der Waals surface area contributed by atoms with Crippen molar-refractivity contribution in [3.63, 3.8) is 0 Å². The zero-order chi connectivity index (χ0) is 17.3. The normalized spacial score (nSPS) is 17.1. The predicted molar refractivity (Wildman–Crippen MR) is 90.3 cm³/mol. The van der Waals surface area contributed by atoms with Gasteiger partial charge in [-0.3, -0.25) is 4.79 Å². The first-order valence-corrected chi connectivity index (χ1v) is 7.85. The molecule has 2 aromatic rings. The van der Waals surface area contributed by atoms with Gasteiger partial charge in [-0.25, -0.2) is 14.7 Å². The smallest absolute Gasteiger partial charge is 0.330 e. The van der Waals surface area contributed by atoms with Crippen molar-refractivity contribution in [1.82, 2.24) is 10.3 Å². The topological polar surface area (TPSA) is 71.5 Å². The van der Waals surface area contributed by atoms with E-state index < -0.39 is 12.1 Å². The van der Waals surface area contributed by atoms with E-state index in [2.05, 4.69) is 10.3 Å². The summed E-state index contributed by atoms with van der Waals surface area (Å²) in [6.07, 6.45) is 2.06. The van der Waals surface area contributed by atoms with E-state index in [9.17, 15) is 9.59 Å². The molecule has 3 rings (SSSR count). The number of hydrogen-bond acceptors (Lipinski definition) is 4. The highest BCUT2D eigenvalue weighted by molar-refractivity contribution is 6.20. The third-order valence-corrected chi connectivity index (χ3v) is 4.09. The van der Waals surface area contributed by atoms with Crippen LogP contribution in [0.3, 0.4) is 0 Å². The highest BCUT2D eigenvalue weighted by Gasteiger charge is 2.38. The van der Waals surface area contributed by atoms with Gasteiger partial charge >= 0.3 is 6.03 Å². The Hall–Kier alpha value is -2.89. The monoisotopic (exact) mass is 325 g/mol. The van der Waals surface area contributed by atoms with E-state index in [4.69, 9.17) is 4.74 Å². The predicted octanol–water partition coefficient (Wildman–Crippen LogP) is 3.33. The lowest BCUT2D eigenvalue weighted by Gasteiger charge is -2.13. The summed E-state index contributed by atoms with van der Waals surface area (Å²) in [5.74, 6) is 1.18. The van der Waals surface area contributed by atoms with Crippen molar-refractivity contribution in [2.75, 3.05) is 4.90 Å². The molecule has 0 aliphatic carbocycles. The van der Waals surface area contributed by atoms with E-state index in [1.165, 1.54) is 11.8 Å². The molecule has 1 atom stereocenters. The Morgan fingerprint density at radius 3 is 2.54 bits per heavy atom. The first-order valence-electron chi connectivity index (χ1n) is 7.85. The number of pyridine rings is 1. The number of nitrogens with one attached hydrogen (secondary N) is 1. The van der Waals surface area contributed by atoms with Gasteiger partial charge < -0.3 is 10.1 Å². The zero-order valence-electron chi connectivity index (χ0n) is 13.9. The molecular weight excluding hydrogens is 306 g/mol. The van der Waals surface area contributed by atoms with Crippen LogP contribution in [-0.4, -0.2) is 23.0 Å². The van der Waals surface area contributed by atoms with Crippen molar-refractivity contribution in [2.24, 2.45) is 0 Å². The summed E-state index contributed by atoms with van der Waals surface area (Å²) >= 11 is 0. The van der Waals surface area contributed by atoms with E-state index >= 15 is 0 Å². The summed E-state index contributed by atoms with van der Waals surface area (Å²) in [5, 5.41) is 2.64. The summed E-state index contributed by atoms with van der Waals surface area (Å²) < 4.78 is 5.83. The number of ether oxygens (including phenoxy) is 1. The molecule has 1 saturated heterocycles. The van der Waals surface area contributed by atoms with Crippen molar-refractivity contribution < 1.29 is 14.3 Å². The van der Waals surface area contributed by atoms with Crippen molar-refractivity contribution in [2.45, 2.75) is 33.2 Å². The maximum absolute atomic E-state index is 12.3. The Bertz CT molecular complexity index is 804. The van der Waals surface area contributed by atoms with Crippen LogP contribution in [-0.2, 0) is 4.79 Å². The molecule has 1 aliphatic rings. The van der Waals surface area contributed by atoms with Crippen molar-refractivity contribution >= 4 is 17.8 Å². The first kappa shape index (κ1) is 16.0. The van der Waals surface area contributed by atoms with Crippen LogP contribution in [0.5, 0.6) is 11.5 Å². The number of amides is 3. The van der Waals surface area contributed by atoms with Crippen LogP contribution in [0.4, 0.5) is 10.6 Å². The second-order valence-corrected chi connectivity index (χ2v) is 5.78. The molecule has 1 aliphatic heterocycles. The number of nitrogens with zero attached hydrogens (tertiary/aromatic N) is 2. The number of aryl methyl sites for hydroxylation is 2. The van der Waals surface area contributed by atoms with Crippen molar-refractivity contribution in [1.29, 1.82) is 0 Å². The highest BCUT2D eigenvalue weighted by Crippen LogP contribution is 2.27. The number of hydrogen-bond donors (Lipinski definition) is 1. The van der Waals surface area contributed by atoms with Crippen molar-refractivity contribution in [3.05, 3.63) is 47.7 Å². The lowest BCUT2D eigenvalue weighted by atomic mass is 10.1. The summed E-state index contributed by atoms with van der Waals surface area (Å²) in [4.78, 5) is 29.5. The van der Waals surface area contributed by atoms with Crippen LogP contribution in [0.2, 0.25) is 0 Å². The Labute approximate surface area is 140 Å². The average molecular weight is 325 g/mol. The van der Waals surface area contributed by atoms with E-state index in [1.54, 1.807) is 12.1 Å². The van der Waals surface area contributed by atoms with Gasteiger partial charge in [0.2, 0.25) is 0 Å². The Morgan fingerprint density at radius 1 is 1.12 bits per heavy atom. The van der Waals surface area contributed by atoms with E-state index in [0.717, 1.165) is 10.5 Å². The van der Waals surface area contributed by atoms with Crippen LogP contribution in [0.15, 0.2) is 36.5 Å². The van der Waals surface area contributed by atoms with Gasteiger partial charge in [-0.05, 0) is 49.6 Å². The van der Waals surface area contributed by atoms with Gasteiger partial charge in [-0.1, -0.05) is 13.0 Å². The van der Waals surface area contributed by atoms with Gasteiger partial charge in [0.25, 0.3) is 5.91 Å². The second kappa shape index (κ2) is 6.31. The van der Waals surface area contributed by atoms with Gasteiger partial charge in [0.1, 0.15) is 23.4 Å². The fourth-order valence-electron chi connectivity index (χ4n) is 2.52. The minimum Gasteiger partial charge on any atom is -0.457 e. The second-order valence-electron chi connectivity index (χ2n) is 5.78. The van der Waals surface area contributed by atoms with Crippen LogP contribution in [0, 0.1) is 13.8 Å². The molecule has 24 heavy (non-hydrogen) atoms. The number of anilines is 1. The van der Waals surface area contributed by atoms with Gasteiger partial charge in [0.05, 0.1) is 0 Å². The number of benzene rings is 1. The van der Waals surface area contributed by atoms with E-state index in [-0.39, 0.29) is 11.7 Å². The van der Waals surface area contributed by atoms with Crippen LogP contribution in [0.1, 0.15) is 24.5 Å². The highest BCUT2D eigenvalue weighted by atomic mass is 16.5. The van der Waals surface area contributed by atoms with Crippen LogP contribution < -0.4 is 15.0 Å². The number of aromatic nitrogens is 1. The molecule has 6 heteroatoms. The molecule has 1 aromatic heterocycles. The van der Waals surface area contributed by atoms with Crippen LogP contribution >= 0.6 is 0 Å². The quantitative estimate of drug-likeness (QED) is 0.875. The Morgan fingerprint density at radius 2 is 1.88 bits per heavy atom. The summed E-state index contributed by atoms with van der Waals surface area (Å²) in [6.45, 7) is 5.89. The standard InChI is InChI=1S/C18H19N3O3/c1-4-15-17(22)21(18(23)20-15)16-10-14(7-8-19-16)24-13-6-5-11(2)12(3)9-13/h5-10,15H,4H2,1-3H3,(H,20,23)/t15-/m1/s1. The number of carbonyl (C=O) groups is 2. The van der Waals surface area contributed by atoms with Crippen molar-refractivity contribution in [3.8, 4) is 11.5 Å². The minimum atomic E-state index is -0.497. The molecule has 1 aromatic carbocycles. The molecule has 0 unspecified atom stereocenters. The fourth-order valence-corrected chi connectivity index (χ4v) is 2.52. The number of urea groups is 1. The molecule has 3 amide bonds. The van der Waals surface area contributed by atoms with Gasteiger partial charge in [-0.2, -0.15) is 0 Å². The lowest BCUT2D eigenvalue weighted by Crippen LogP contribution is -2.31. The third-order valence-electron chi connectivity index (χ3n) is 4.09. The van der Waals surface area contributed by atoms with Crippen LogP contribution in [0.25, 0.3) is 0 Å². The molecular formula is C18H19N3O3. The molecule has 0 bridgehead atoms. The first-order chi connectivity index (χ1) is 11.5. The Kier molecular flexibility index (Phi) is 4.20. The molecule has 2 heterocycles.